The molecule has 0 aliphatic rings. The SMILES string of the molecule is CC(=O)Nc1ccc(NC(=O)C(=Cc2ccccc2)c2ccccc2)cc1. The van der Waals surface area contributed by atoms with Crippen molar-refractivity contribution in [2.45, 2.75) is 6.92 Å². The summed E-state index contributed by atoms with van der Waals surface area (Å²) in [5, 5.41) is 5.62. The molecule has 4 nitrogen and oxygen atoms in total. The van der Waals surface area contributed by atoms with Crippen molar-refractivity contribution >= 4 is 34.8 Å². The van der Waals surface area contributed by atoms with Gasteiger partial charge in [-0.3, -0.25) is 9.59 Å². The van der Waals surface area contributed by atoms with Gasteiger partial charge < -0.3 is 10.6 Å². The fourth-order valence-corrected chi connectivity index (χ4v) is 2.65. The summed E-state index contributed by atoms with van der Waals surface area (Å²) in [6.07, 6.45) is 1.87. The third kappa shape index (κ3) is 5.16. The summed E-state index contributed by atoms with van der Waals surface area (Å²) in [7, 11) is 0. The van der Waals surface area contributed by atoms with Crippen LogP contribution >= 0.6 is 0 Å². The van der Waals surface area contributed by atoms with Gasteiger partial charge in [0.05, 0.1) is 0 Å². The van der Waals surface area contributed by atoms with E-state index in [1.54, 1.807) is 24.3 Å². The standard InChI is InChI=1S/C23H20N2O2/c1-17(26)24-20-12-14-21(15-13-20)25-23(27)22(19-10-6-3-7-11-19)16-18-8-4-2-5-9-18/h2-16H,1H3,(H,24,26)(H,25,27). The number of hydrogen-bond donors (Lipinski definition) is 2. The van der Waals surface area contributed by atoms with Gasteiger partial charge >= 0.3 is 0 Å². The quantitative estimate of drug-likeness (QED) is 0.508. The number of rotatable bonds is 5. The topological polar surface area (TPSA) is 58.2 Å². The lowest BCUT2D eigenvalue weighted by atomic mass is 10.0. The molecule has 0 bridgehead atoms. The summed E-state index contributed by atoms with van der Waals surface area (Å²) >= 11 is 0. The second kappa shape index (κ2) is 8.63. The van der Waals surface area contributed by atoms with E-state index in [-0.39, 0.29) is 11.8 Å². The molecule has 3 rings (SSSR count). The van der Waals surface area contributed by atoms with Crippen molar-refractivity contribution in [3.8, 4) is 0 Å². The van der Waals surface area contributed by atoms with Gasteiger partial charge in [-0.2, -0.15) is 0 Å². The zero-order valence-electron chi connectivity index (χ0n) is 15.0. The number of nitrogens with one attached hydrogen (secondary N) is 2. The molecule has 0 atom stereocenters. The molecule has 134 valence electrons. The molecule has 2 amide bonds. The van der Waals surface area contributed by atoms with Crippen molar-refractivity contribution < 1.29 is 9.59 Å². The van der Waals surface area contributed by atoms with Crippen molar-refractivity contribution in [1.82, 2.24) is 0 Å². The molecule has 0 aliphatic heterocycles. The normalized spacial score (nSPS) is 10.9. The molecule has 2 N–H and O–H groups in total. The van der Waals surface area contributed by atoms with Crippen molar-refractivity contribution in [2.75, 3.05) is 10.6 Å². The smallest absolute Gasteiger partial charge is 0.256 e. The van der Waals surface area contributed by atoms with Crippen molar-refractivity contribution in [3.63, 3.8) is 0 Å². The summed E-state index contributed by atoms with van der Waals surface area (Å²) in [5.41, 5.74) is 3.71. The first-order valence-corrected chi connectivity index (χ1v) is 8.63. The number of amides is 2. The average Bonchev–Trinajstić information content (AvgIpc) is 2.68. The highest BCUT2D eigenvalue weighted by Crippen LogP contribution is 2.21. The Balaban J connectivity index is 1.85. The molecule has 3 aromatic carbocycles. The first kappa shape index (κ1) is 18.1. The summed E-state index contributed by atoms with van der Waals surface area (Å²) in [5.74, 6) is -0.332. The molecule has 0 unspecified atom stereocenters. The van der Waals surface area contributed by atoms with Gasteiger partial charge in [0.15, 0.2) is 0 Å². The van der Waals surface area contributed by atoms with Crippen molar-refractivity contribution in [3.05, 3.63) is 96.1 Å². The van der Waals surface area contributed by atoms with Crippen LogP contribution in [0.15, 0.2) is 84.9 Å². The van der Waals surface area contributed by atoms with Gasteiger partial charge in [0.2, 0.25) is 5.91 Å². The van der Waals surface area contributed by atoms with E-state index in [2.05, 4.69) is 10.6 Å². The summed E-state index contributed by atoms with van der Waals surface area (Å²) < 4.78 is 0. The monoisotopic (exact) mass is 356 g/mol. The van der Waals surface area contributed by atoms with Crippen LogP contribution in [0.4, 0.5) is 11.4 Å². The minimum absolute atomic E-state index is 0.135. The van der Waals surface area contributed by atoms with Crippen LogP contribution in [0.25, 0.3) is 11.6 Å². The van der Waals surface area contributed by atoms with E-state index < -0.39 is 0 Å². The van der Waals surface area contributed by atoms with E-state index >= 15 is 0 Å². The van der Waals surface area contributed by atoms with Gasteiger partial charge in [0.1, 0.15) is 0 Å². The lowest BCUT2D eigenvalue weighted by Gasteiger charge is -2.11. The molecular formula is C23H20N2O2. The van der Waals surface area contributed by atoms with Gasteiger partial charge in [-0.1, -0.05) is 60.7 Å². The first-order chi connectivity index (χ1) is 13.1. The van der Waals surface area contributed by atoms with Crippen LogP contribution in [-0.4, -0.2) is 11.8 Å². The zero-order valence-corrected chi connectivity index (χ0v) is 15.0. The molecule has 4 heteroatoms. The van der Waals surface area contributed by atoms with Gasteiger partial charge in [-0.25, -0.2) is 0 Å². The molecular weight excluding hydrogens is 336 g/mol. The number of carbonyl (C=O) groups excluding carboxylic acids is 2. The Hall–Kier alpha value is -3.66. The minimum atomic E-state index is -0.197. The summed E-state index contributed by atoms with van der Waals surface area (Å²) in [6.45, 7) is 1.45. The predicted molar refractivity (Wildman–Crippen MR) is 110 cm³/mol. The molecule has 3 aromatic rings. The van der Waals surface area contributed by atoms with Crippen LogP contribution in [0.5, 0.6) is 0 Å². The maximum Gasteiger partial charge on any atom is 0.256 e. The number of hydrogen-bond acceptors (Lipinski definition) is 2. The highest BCUT2D eigenvalue weighted by Gasteiger charge is 2.12. The van der Waals surface area contributed by atoms with Crippen LogP contribution < -0.4 is 10.6 Å². The zero-order chi connectivity index (χ0) is 19.1. The minimum Gasteiger partial charge on any atom is -0.326 e. The molecule has 0 fully saturated rings. The Kier molecular flexibility index (Phi) is 5.80. The highest BCUT2D eigenvalue weighted by molar-refractivity contribution is 6.29. The Labute approximate surface area is 158 Å². The molecule has 0 radical (unpaired) electrons. The molecule has 27 heavy (non-hydrogen) atoms. The highest BCUT2D eigenvalue weighted by atomic mass is 16.2. The van der Waals surface area contributed by atoms with E-state index in [9.17, 15) is 9.59 Å². The fraction of sp³-hybridized carbons (Fsp3) is 0.0435. The Morgan fingerprint density at radius 1 is 0.704 bits per heavy atom. The second-order valence-corrected chi connectivity index (χ2v) is 6.05. The maximum atomic E-state index is 12.9. The van der Waals surface area contributed by atoms with Crippen LogP contribution in [0.2, 0.25) is 0 Å². The van der Waals surface area contributed by atoms with E-state index in [1.807, 2.05) is 66.7 Å². The lowest BCUT2D eigenvalue weighted by molar-refractivity contribution is -0.114. The summed E-state index contributed by atoms with van der Waals surface area (Å²) in [6, 6.07) is 26.3. The molecule has 0 aromatic heterocycles. The number of benzene rings is 3. The molecule has 0 aliphatic carbocycles. The number of carbonyl (C=O) groups is 2. The first-order valence-electron chi connectivity index (χ1n) is 8.63. The third-order valence-electron chi connectivity index (χ3n) is 3.90. The summed E-state index contributed by atoms with van der Waals surface area (Å²) in [4.78, 5) is 24.0. The van der Waals surface area contributed by atoms with E-state index in [4.69, 9.17) is 0 Å². The third-order valence-corrected chi connectivity index (χ3v) is 3.90. The largest absolute Gasteiger partial charge is 0.326 e. The van der Waals surface area contributed by atoms with Crippen molar-refractivity contribution in [1.29, 1.82) is 0 Å². The van der Waals surface area contributed by atoms with Crippen LogP contribution in [-0.2, 0) is 9.59 Å². The second-order valence-electron chi connectivity index (χ2n) is 6.05. The van der Waals surface area contributed by atoms with Gasteiger partial charge in [0.25, 0.3) is 5.91 Å². The van der Waals surface area contributed by atoms with E-state index in [0.717, 1.165) is 11.1 Å². The Bertz CT molecular complexity index is 947. The van der Waals surface area contributed by atoms with Gasteiger partial charge in [-0.15, -0.1) is 0 Å². The lowest BCUT2D eigenvalue weighted by Crippen LogP contribution is -2.14. The fourth-order valence-electron chi connectivity index (χ4n) is 2.65. The van der Waals surface area contributed by atoms with E-state index in [0.29, 0.717) is 16.9 Å². The molecule has 0 saturated carbocycles. The van der Waals surface area contributed by atoms with E-state index in [1.165, 1.54) is 6.92 Å². The maximum absolute atomic E-state index is 12.9. The Morgan fingerprint density at radius 2 is 1.22 bits per heavy atom. The molecule has 0 spiro atoms. The van der Waals surface area contributed by atoms with Gasteiger partial charge in [-0.05, 0) is 41.5 Å². The molecule has 0 heterocycles. The molecule has 0 saturated heterocycles. The average molecular weight is 356 g/mol. The number of anilines is 2. The van der Waals surface area contributed by atoms with Crippen LogP contribution in [0.3, 0.4) is 0 Å². The van der Waals surface area contributed by atoms with Crippen LogP contribution in [0.1, 0.15) is 18.1 Å². The van der Waals surface area contributed by atoms with Gasteiger partial charge in [0, 0.05) is 23.9 Å². The van der Waals surface area contributed by atoms with Crippen molar-refractivity contribution in [2.24, 2.45) is 0 Å². The predicted octanol–water partition coefficient (Wildman–Crippen LogP) is 4.82. The Morgan fingerprint density at radius 3 is 1.78 bits per heavy atom. The van der Waals surface area contributed by atoms with Crippen LogP contribution in [0, 0.1) is 0 Å².